The zero-order valence-corrected chi connectivity index (χ0v) is 10.2. The summed E-state index contributed by atoms with van der Waals surface area (Å²) in [6, 6.07) is 0.506. The van der Waals surface area contributed by atoms with E-state index >= 15 is 0 Å². The Kier molecular flexibility index (Phi) is 6.22. The molecule has 0 spiro atoms. The zero-order valence-electron chi connectivity index (χ0n) is 10.2. The highest BCUT2D eigenvalue weighted by Crippen LogP contribution is 2.14. The molecule has 102 valence electrons. The molecule has 0 bridgehead atoms. The predicted octanol–water partition coefficient (Wildman–Crippen LogP) is 1.64. The fourth-order valence-corrected chi connectivity index (χ4v) is 2.00. The van der Waals surface area contributed by atoms with Crippen LogP contribution in [0.2, 0.25) is 0 Å². The first-order chi connectivity index (χ1) is 7.99. The van der Waals surface area contributed by atoms with Gasteiger partial charge in [0.15, 0.2) is 0 Å². The molecule has 6 heteroatoms. The van der Waals surface area contributed by atoms with Crippen LogP contribution in [-0.4, -0.2) is 57.0 Å². The van der Waals surface area contributed by atoms with Gasteiger partial charge in [-0.2, -0.15) is 13.2 Å². The molecule has 0 aliphatic carbocycles. The van der Waals surface area contributed by atoms with Gasteiger partial charge in [0.05, 0.1) is 0 Å². The summed E-state index contributed by atoms with van der Waals surface area (Å²) in [6.45, 7) is 1.86. The number of nitrogens with zero attached hydrogens (tertiary/aromatic N) is 1. The second-order valence-corrected chi connectivity index (χ2v) is 4.50. The average molecular weight is 254 g/mol. The molecule has 0 aromatic rings. The topological polar surface area (TPSA) is 24.5 Å². The van der Waals surface area contributed by atoms with Gasteiger partial charge in [0, 0.05) is 25.7 Å². The Hall–Kier alpha value is -0.330. The maximum atomic E-state index is 11.8. The van der Waals surface area contributed by atoms with E-state index < -0.39 is 12.8 Å². The zero-order chi connectivity index (χ0) is 12.7. The number of ether oxygens (including phenoxy) is 1. The first-order valence-electron chi connectivity index (χ1n) is 6.04. The van der Waals surface area contributed by atoms with Crippen molar-refractivity contribution in [2.45, 2.75) is 31.5 Å². The largest absolute Gasteiger partial charge is 0.411 e. The summed E-state index contributed by atoms with van der Waals surface area (Å²) in [6.07, 6.45) is -1.24. The molecule has 17 heavy (non-hydrogen) atoms. The van der Waals surface area contributed by atoms with Crippen LogP contribution in [0, 0.1) is 0 Å². The summed E-state index contributed by atoms with van der Waals surface area (Å²) >= 11 is 0. The van der Waals surface area contributed by atoms with E-state index in [4.69, 9.17) is 0 Å². The number of hydrogen-bond donors (Lipinski definition) is 1. The standard InChI is InChI=1S/C11H21F3N2O/c1-16(10-4-2-5-15-8-10)6-3-7-17-9-11(12,13)14/h10,15H,2-9H2,1H3. The summed E-state index contributed by atoms with van der Waals surface area (Å²) in [5, 5.41) is 3.32. The van der Waals surface area contributed by atoms with E-state index in [0.29, 0.717) is 12.5 Å². The third kappa shape index (κ3) is 6.85. The molecule has 1 aliphatic rings. The van der Waals surface area contributed by atoms with Gasteiger partial charge in [0.1, 0.15) is 6.61 Å². The van der Waals surface area contributed by atoms with Crippen LogP contribution in [0.15, 0.2) is 0 Å². The van der Waals surface area contributed by atoms with Gasteiger partial charge in [-0.05, 0) is 32.9 Å². The highest BCUT2D eigenvalue weighted by atomic mass is 19.4. The third-order valence-corrected chi connectivity index (χ3v) is 2.96. The van der Waals surface area contributed by atoms with Crippen molar-refractivity contribution in [1.82, 2.24) is 10.2 Å². The number of piperidine rings is 1. The summed E-state index contributed by atoms with van der Waals surface area (Å²) in [7, 11) is 2.02. The molecular weight excluding hydrogens is 233 g/mol. The van der Waals surface area contributed by atoms with Gasteiger partial charge in [0.2, 0.25) is 0 Å². The second kappa shape index (κ2) is 7.18. The second-order valence-electron chi connectivity index (χ2n) is 4.50. The van der Waals surface area contributed by atoms with Crippen LogP contribution in [0.4, 0.5) is 13.2 Å². The minimum atomic E-state index is -4.21. The summed E-state index contributed by atoms with van der Waals surface area (Å²) in [5.74, 6) is 0. The minimum absolute atomic E-state index is 0.171. The molecule has 3 nitrogen and oxygen atoms in total. The van der Waals surface area contributed by atoms with Crippen molar-refractivity contribution < 1.29 is 17.9 Å². The minimum Gasteiger partial charge on any atom is -0.372 e. The van der Waals surface area contributed by atoms with Crippen LogP contribution in [-0.2, 0) is 4.74 Å². The molecule has 1 unspecified atom stereocenters. The van der Waals surface area contributed by atoms with E-state index in [2.05, 4.69) is 15.0 Å². The van der Waals surface area contributed by atoms with Crippen molar-refractivity contribution in [3.63, 3.8) is 0 Å². The lowest BCUT2D eigenvalue weighted by atomic mass is 10.1. The Morgan fingerprint density at radius 1 is 1.41 bits per heavy atom. The lowest BCUT2D eigenvalue weighted by Gasteiger charge is -2.31. The van der Waals surface area contributed by atoms with E-state index in [-0.39, 0.29) is 6.61 Å². The van der Waals surface area contributed by atoms with Crippen LogP contribution < -0.4 is 5.32 Å². The first-order valence-corrected chi connectivity index (χ1v) is 6.04. The monoisotopic (exact) mass is 254 g/mol. The van der Waals surface area contributed by atoms with Gasteiger partial charge in [-0.3, -0.25) is 0 Å². The molecule has 1 saturated heterocycles. The molecule has 1 atom stereocenters. The molecule has 1 heterocycles. The lowest BCUT2D eigenvalue weighted by Crippen LogP contribution is -2.44. The van der Waals surface area contributed by atoms with Crippen molar-refractivity contribution in [2.75, 3.05) is 39.9 Å². The molecule has 0 amide bonds. The average Bonchev–Trinajstić information content (AvgIpc) is 2.28. The highest BCUT2D eigenvalue weighted by molar-refractivity contribution is 4.76. The summed E-state index contributed by atoms with van der Waals surface area (Å²) in [5.41, 5.74) is 0. The third-order valence-electron chi connectivity index (χ3n) is 2.96. The smallest absolute Gasteiger partial charge is 0.372 e. The molecule has 1 rings (SSSR count). The van der Waals surface area contributed by atoms with Crippen LogP contribution in [0.5, 0.6) is 0 Å². The van der Waals surface area contributed by atoms with Crippen molar-refractivity contribution in [1.29, 1.82) is 0 Å². The van der Waals surface area contributed by atoms with Crippen LogP contribution >= 0.6 is 0 Å². The number of rotatable bonds is 6. The Balaban J connectivity index is 2.01. The molecule has 0 aromatic heterocycles. The number of alkyl halides is 3. The Morgan fingerprint density at radius 2 is 2.18 bits per heavy atom. The molecule has 1 aliphatic heterocycles. The number of nitrogens with one attached hydrogen (secondary N) is 1. The molecule has 0 aromatic carbocycles. The van der Waals surface area contributed by atoms with Gasteiger partial charge in [0.25, 0.3) is 0 Å². The predicted molar refractivity (Wildman–Crippen MR) is 60.0 cm³/mol. The number of hydrogen-bond acceptors (Lipinski definition) is 3. The van der Waals surface area contributed by atoms with E-state index in [1.165, 1.54) is 6.42 Å². The maximum Gasteiger partial charge on any atom is 0.411 e. The Morgan fingerprint density at radius 3 is 2.76 bits per heavy atom. The van der Waals surface area contributed by atoms with Crippen molar-refractivity contribution in [3.05, 3.63) is 0 Å². The SMILES string of the molecule is CN(CCCOCC(F)(F)F)C1CCCNC1. The fraction of sp³-hybridized carbons (Fsp3) is 1.00. The molecule has 0 saturated carbocycles. The quantitative estimate of drug-likeness (QED) is 0.729. The van der Waals surface area contributed by atoms with E-state index in [9.17, 15) is 13.2 Å². The molecule has 0 radical (unpaired) electrons. The molecular formula is C11H21F3N2O. The van der Waals surface area contributed by atoms with Crippen LogP contribution in [0.3, 0.4) is 0 Å². The van der Waals surface area contributed by atoms with Crippen molar-refractivity contribution >= 4 is 0 Å². The van der Waals surface area contributed by atoms with Gasteiger partial charge in [-0.1, -0.05) is 0 Å². The Bertz CT molecular complexity index is 205. The highest BCUT2D eigenvalue weighted by Gasteiger charge is 2.27. The maximum absolute atomic E-state index is 11.8. The molecule has 1 N–H and O–H groups in total. The van der Waals surface area contributed by atoms with Crippen LogP contribution in [0.25, 0.3) is 0 Å². The molecule has 1 fully saturated rings. The summed E-state index contributed by atoms with van der Waals surface area (Å²) < 4.78 is 39.9. The van der Waals surface area contributed by atoms with Gasteiger partial charge in [-0.15, -0.1) is 0 Å². The normalized spacial score (nSPS) is 22.1. The Labute approximate surface area is 100 Å². The van der Waals surface area contributed by atoms with Crippen LogP contribution in [0.1, 0.15) is 19.3 Å². The van der Waals surface area contributed by atoms with E-state index in [0.717, 1.165) is 26.1 Å². The van der Waals surface area contributed by atoms with Crippen molar-refractivity contribution in [3.8, 4) is 0 Å². The summed E-state index contributed by atoms with van der Waals surface area (Å²) in [4.78, 5) is 2.20. The first kappa shape index (κ1) is 14.7. The van der Waals surface area contributed by atoms with Crippen molar-refractivity contribution in [2.24, 2.45) is 0 Å². The number of halogens is 3. The van der Waals surface area contributed by atoms with E-state index in [1.807, 2.05) is 7.05 Å². The van der Waals surface area contributed by atoms with Gasteiger partial charge >= 0.3 is 6.18 Å². The fourth-order valence-electron chi connectivity index (χ4n) is 2.00. The van der Waals surface area contributed by atoms with Gasteiger partial charge in [-0.25, -0.2) is 0 Å². The van der Waals surface area contributed by atoms with Gasteiger partial charge < -0.3 is 15.0 Å². The number of likely N-dealkylation sites (N-methyl/N-ethyl adjacent to an activating group) is 1. The lowest BCUT2D eigenvalue weighted by molar-refractivity contribution is -0.174. The van der Waals surface area contributed by atoms with E-state index in [1.54, 1.807) is 0 Å².